The lowest BCUT2D eigenvalue weighted by Crippen LogP contribution is -2.53. The zero-order chi connectivity index (χ0) is 20.9. The van der Waals surface area contributed by atoms with E-state index in [9.17, 15) is 4.79 Å². The zero-order valence-electron chi connectivity index (χ0n) is 17.9. The molecule has 1 aromatic carbocycles. The Morgan fingerprint density at radius 3 is 2.55 bits per heavy atom. The van der Waals surface area contributed by atoms with Gasteiger partial charge in [-0.3, -0.25) is 0 Å². The van der Waals surface area contributed by atoms with Crippen molar-refractivity contribution in [3.05, 3.63) is 40.3 Å². The van der Waals surface area contributed by atoms with Crippen LogP contribution in [0, 0.1) is 5.92 Å². The Labute approximate surface area is 173 Å². The molecule has 29 heavy (non-hydrogen) atoms. The van der Waals surface area contributed by atoms with Gasteiger partial charge in [0.05, 0.1) is 12.6 Å². The van der Waals surface area contributed by atoms with Crippen LogP contribution in [0.2, 0.25) is 0 Å². The molecule has 1 saturated carbocycles. The van der Waals surface area contributed by atoms with Crippen LogP contribution in [0.1, 0.15) is 58.4 Å². The fourth-order valence-electron chi connectivity index (χ4n) is 4.02. The summed E-state index contributed by atoms with van der Waals surface area (Å²) in [6, 6.07) is 8.34. The first kappa shape index (κ1) is 21.3. The molecule has 3 rings (SSSR count). The van der Waals surface area contributed by atoms with E-state index in [0.29, 0.717) is 12.5 Å². The SMILES string of the molecule is CC(C)(C)OC(=O)N(CC1CCC1)[C@@H]1CCCN(c2ccc(CN=[N+]=[N-])cc2)C1. The topological polar surface area (TPSA) is 81.5 Å². The Morgan fingerprint density at radius 1 is 1.24 bits per heavy atom. The van der Waals surface area contributed by atoms with E-state index in [-0.39, 0.29) is 12.1 Å². The van der Waals surface area contributed by atoms with Gasteiger partial charge in [-0.25, -0.2) is 4.79 Å². The molecule has 7 nitrogen and oxygen atoms in total. The van der Waals surface area contributed by atoms with Crippen LogP contribution >= 0.6 is 0 Å². The second kappa shape index (κ2) is 9.40. The Balaban J connectivity index is 1.69. The minimum atomic E-state index is -0.481. The second-order valence-electron chi connectivity index (χ2n) is 9.23. The van der Waals surface area contributed by atoms with E-state index in [4.69, 9.17) is 10.3 Å². The monoisotopic (exact) mass is 399 g/mol. The molecule has 1 amide bonds. The summed E-state index contributed by atoms with van der Waals surface area (Å²) in [7, 11) is 0. The molecule has 0 aromatic heterocycles. The molecule has 0 bridgehead atoms. The van der Waals surface area contributed by atoms with Gasteiger partial charge in [-0.05, 0) is 75.6 Å². The van der Waals surface area contributed by atoms with Gasteiger partial charge in [0, 0.05) is 30.2 Å². The zero-order valence-corrected chi connectivity index (χ0v) is 17.9. The lowest BCUT2D eigenvalue weighted by molar-refractivity contribution is 0.00736. The summed E-state index contributed by atoms with van der Waals surface area (Å²) in [4.78, 5) is 20.1. The highest BCUT2D eigenvalue weighted by atomic mass is 16.6. The molecule has 1 heterocycles. The maximum Gasteiger partial charge on any atom is 0.410 e. The molecule has 2 fully saturated rings. The van der Waals surface area contributed by atoms with Gasteiger partial charge in [0.15, 0.2) is 0 Å². The summed E-state index contributed by atoms with van der Waals surface area (Å²) in [6.45, 7) is 8.76. The van der Waals surface area contributed by atoms with Crippen LogP contribution in [0.15, 0.2) is 29.4 Å². The van der Waals surface area contributed by atoms with E-state index in [1.807, 2.05) is 37.8 Å². The highest BCUT2D eigenvalue weighted by Gasteiger charge is 2.34. The number of nitrogens with zero attached hydrogens (tertiary/aromatic N) is 5. The van der Waals surface area contributed by atoms with Gasteiger partial charge >= 0.3 is 6.09 Å². The van der Waals surface area contributed by atoms with E-state index in [1.54, 1.807) is 0 Å². The molecule has 2 aliphatic rings. The van der Waals surface area contributed by atoms with Crippen molar-refractivity contribution in [2.24, 2.45) is 11.0 Å². The minimum Gasteiger partial charge on any atom is -0.444 e. The van der Waals surface area contributed by atoms with Crippen LogP contribution in [-0.4, -0.2) is 42.3 Å². The van der Waals surface area contributed by atoms with Crippen molar-refractivity contribution in [2.75, 3.05) is 24.5 Å². The number of anilines is 1. The molecular formula is C22H33N5O2. The van der Waals surface area contributed by atoms with Crippen LogP contribution in [0.3, 0.4) is 0 Å². The predicted octanol–water partition coefficient (Wildman–Crippen LogP) is 5.50. The Kier molecular flexibility index (Phi) is 6.91. The van der Waals surface area contributed by atoms with Crippen molar-refractivity contribution >= 4 is 11.8 Å². The number of rotatable bonds is 6. The molecule has 1 aliphatic carbocycles. The molecule has 1 saturated heterocycles. The maximum atomic E-state index is 13.0. The van der Waals surface area contributed by atoms with Crippen LogP contribution in [0.5, 0.6) is 0 Å². The molecule has 7 heteroatoms. The molecule has 0 unspecified atom stereocenters. The standard InChI is InChI=1S/C22H33N5O2/c1-22(2,3)29-21(28)27(15-18-6-4-7-18)20-8-5-13-26(16-20)19-11-9-17(10-12-19)14-24-25-23/h9-12,18,20H,4-8,13-16H2,1-3H3/t20-/m1/s1. The van der Waals surface area contributed by atoms with Crippen molar-refractivity contribution < 1.29 is 9.53 Å². The van der Waals surface area contributed by atoms with Crippen molar-refractivity contribution in [2.45, 2.75) is 71.1 Å². The third-order valence-electron chi connectivity index (χ3n) is 5.76. The number of benzene rings is 1. The Morgan fingerprint density at radius 2 is 1.97 bits per heavy atom. The molecule has 1 aliphatic heterocycles. The molecule has 0 N–H and O–H groups in total. The minimum absolute atomic E-state index is 0.169. The fraction of sp³-hybridized carbons (Fsp3) is 0.682. The average Bonchev–Trinajstić information content (AvgIpc) is 2.64. The van der Waals surface area contributed by atoms with E-state index in [0.717, 1.165) is 43.7 Å². The van der Waals surface area contributed by atoms with Crippen molar-refractivity contribution in [1.29, 1.82) is 0 Å². The number of piperidine rings is 1. The first-order valence-electron chi connectivity index (χ1n) is 10.7. The summed E-state index contributed by atoms with van der Waals surface area (Å²) < 4.78 is 5.75. The predicted molar refractivity (Wildman–Crippen MR) is 115 cm³/mol. The summed E-state index contributed by atoms with van der Waals surface area (Å²) in [5, 5.41) is 3.62. The van der Waals surface area contributed by atoms with Crippen LogP contribution in [-0.2, 0) is 11.3 Å². The van der Waals surface area contributed by atoms with E-state index < -0.39 is 5.60 Å². The number of ether oxygens (including phenoxy) is 1. The number of carbonyl (C=O) groups excluding carboxylic acids is 1. The van der Waals surface area contributed by atoms with Crippen LogP contribution in [0.25, 0.3) is 10.4 Å². The number of hydrogen-bond donors (Lipinski definition) is 0. The summed E-state index contributed by atoms with van der Waals surface area (Å²) in [5.74, 6) is 0.609. The van der Waals surface area contributed by atoms with Gasteiger partial charge in [0.25, 0.3) is 0 Å². The number of carbonyl (C=O) groups is 1. The highest BCUT2D eigenvalue weighted by molar-refractivity contribution is 5.69. The molecule has 0 spiro atoms. The van der Waals surface area contributed by atoms with Crippen molar-refractivity contribution in [1.82, 2.24) is 4.90 Å². The van der Waals surface area contributed by atoms with Gasteiger partial charge in [-0.2, -0.15) is 0 Å². The smallest absolute Gasteiger partial charge is 0.410 e. The molecule has 0 radical (unpaired) electrons. The van der Waals surface area contributed by atoms with Gasteiger partial charge in [-0.15, -0.1) is 0 Å². The molecule has 1 atom stereocenters. The fourth-order valence-corrected chi connectivity index (χ4v) is 4.02. The number of azide groups is 1. The van der Waals surface area contributed by atoms with E-state index in [1.165, 1.54) is 19.3 Å². The Hall–Kier alpha value is -2.40. The van der Waals surface area contributed by atoms with Crippen molar-refractivity contribution in [3.8, 4) is 0 Å². The number of amides is 1. The first-order valence-corrected chi connectivity index (χ1v) is 10.7. The van der Waals surface area contributed by atoms with Crippen molar-refractivity contribution in [3.63, 3.8) is 0 Å². The normalized spacial score (nSPS) is 19.8. The molecular weight excluding hydrogens is 366 g/mol. The van der Waals surface area contributed by atoms with Gasteiger partial charge in [-0.1, -0.05) is 23.7 Å². The summed E-state index contributed by atoms with van der Waals surface area (Å²) >= 11 is 0. The van der Waals surface area contributed by atoms with Crippen LogP contribution < -0.4 is 4.90 Å². The maximum absolute atomic E-state index is 13.0. The van der Waals surface area contributed by atoms with Crippen LogP contribution in [0.4, 0.5) is 10.5 Å². The molecule has 1 aromatic rings. The van der Waals surface area contributed by atoms with E-state index in [2.05, 4.69) is 27.1 Å². The van der Waals surface area contributed by atoms with Gasteiger partial charge in [0.1, 0.15) is 5.60 Å². The largest absolute Gasteiger partial charge is 0.444 e. The van der Waals surface area contributed by atoms with E-state index >= 15 is 0 Å². The van der Waals surface area contributed by atoms with Gasteiger partial charge in [0.2, 0.25) is 0 Å². The summed E-state index contributed by atoms with van der Waals surface area (Å²) in [5.41, 5.74) is 10.1. The summed E-state index contributed by atoms with van der Waals surface area (Å²) in [6.07, 6.45) is 5.57. The lowest BCUT2D eigenvalue weighted by atomic mass is 9.84. The first-order chi connectivity index (χ1) is 13.9. The molecule has 158 valence electrons. The number of hydrogen-bond acceptors (Lipinski definition) is 4. The quantitative estimate of drug-likeness (QED) is 0.360. The van der Waals surface area contributed by atoms with Gasteiger partial charge < -0.3 is 14.5 Å². The third kappa shape index (κ3) is 6.04. The average molecular weight is 400 g/mol. The third-order valence-corrected chi connectivity index (χ3v) is 5.76. The second-order valence-corrected chi connectivity index (χ2v) is 9.23. The Bertz CT molecular complexity index is 733. The highest BCUT2D eigenvalue weighted by Crippen LogP contribution is 2.31. The lowest BCUT2D eigenvalue weighted by Gasteiger charge is -2.43.